The SMILES string of the molecule is CCOC(=O)[C@H](Cc1ccc(Nc2nccc3cnccc23)cc1)Nc1c(OC(C)C)c(=O)c1=O. The summed E-state index contributed by atoms with van der Waals surface area (Å²) in [6.45, 7) is 5.40. The number of aromatic nitrogens is 2. The summed E-state index contributed by atoms with van der Waals surface area (Å²) in [6.07, 6.45) is 5.18. The molecule has 2 N–H and O–H groups in total. The quantitative estimate of drug-likeness (QED) is 0.263. The van der Waals surface area contributed by atoms with Crippen molar-refractivity contribution in [3.05, 3.63) is 81.0 Å². The van der Waals surface area contributed by atoms with Crippen LogP contribution < -0.4 is 26.2 Å². The molecule has 0 bridgehead atoms. The van der Waals surface area contributed by atoms with E-state index in [2.05, 4.69) is 20.6 Å². The van der Waals surface area contributed by atoms with Gasteiger partial charge < -0.3 is 20.1 Å². The van der Waals surface area contributed by atoms with Crippen LogP contribution in [-0.2, 0) is 16.0 Å². The number of nitrogens with zero attached hydrogens (tertiary/aromatic N) is 2. The van der Waals surface area contributed by atoms with Crippen molar-refractivity contribution >= 4 is 33.9 Å². The van der Waals surface area contributed by atoms with E-state index in [9.17, 15) is 14.4 Å². The molecule has 180 valence electrons. The lowest BCUT2D eigenvalue weighted by molar-refractivity contribution is -0.144. The lowest BCUT2D eigenvalue weighted by Gasteiger charge is -2.22. The van der Waals surface area contributed by atoms with Gasteiger partial charge in [0.1, 0.15) is 17.5 Å². The smallest absolute Gasteiger partial charge is 0.328 e. The Morgan fingerprint density at radius 3 is 2.51 bits per heavy atom. The van der Waals surface area contributed by atoms with Crippen molar-refractivity contribution in [3.8, 4) is 5.75 Å². The van der Waals surface area contributed by atoms with E-state index in [-0.39, 0.29) is 30.6 Å². The summed E-state index contributed by atoms with van der Waals surface area (Å²) in [7, 11) is 0. The van der Waals surface area contributed by atoms with Gasteiger partial charge in [-0.3, -0.25) is 14.6 Å². The van der Waals surface area contributed by atoms with Crippen molar-refractivity contribution in [2.24, 2.45) is 0 Å². The molecule has 0 aliphatic carbocycles. The Labute approximate surface area is 201 Å². The highest BCUT2D eigenvalue weighted by molar-refractivity contribution is 5.92. The van der Waals surface area contributed by atoms with Gasteiger partial charge >= 0.3 is 5.97 Å². The van der Waals surface area contributed by atoms with Crippen LogP contribution in [0.5, 0.6) is 5.75 Å². The molecule has 0 aliphatic rings. The van der Waals surface area contributed by atoms with Crippen LogP contribution >= 0.6 is 0 Å². The highest BCUT2D eigenvalue weighted by Gasteiger charge is 2.29. The molecule has 0 saturated carbocycles. The molecule has 0 spiro atoms. The van der Waals surface area contributed by atoms with Gasteiger partial charge in [0.2, 0.25) is 0 Å². The maximum atomic E-state index is 12.6. The number of benzene rings is 1. The standard InChI is InChI=1S/C26H26N4O5/c1-4-34-26(33)20(30-21-22(31)23(32)24(21)35-15(2)3)13-16-5-7-18(8-6-16)29-25-19-10-11-27-14-17(19)9-12-28-25/h5-12,14-15,20,30H,4,13H2,1-3H3,(H,28,29)/t20-/m0/s1. The third-order valence-corrected chi connectivity index (χ3v) is 5.33. The van der Waals surface area contributed by atoms with Crippen molar-refractivity contribution in [1.82, 2.24) is 9.97 Å². The van der Waals surface area contributed by atoms with Crippen molar-refractivity contribution in [2.75, 3.05) is 17.2 Å². The molecule has 0 saturated heterocycles. The molecule has 4 rings (SSSR count). The molecule has 0 fully saturated rings. The largest absolute Gasteiger partial charge is 0.485 e. The van der Waals surface area contributed by atoms with Crippen LogP contribution in [0.3, 0.4) is 0 Å². The molecule has 0 amide bonds. The molecule has 0 unspecified atom stereocenters. The van der Waals surface area contributed by atoms with Gasteiger partial charge in [0, 0.05) is 41.5 Å². The third kappa shape index (κ3) is 5.29. The van der Waals surface area contributed by atoms with Gasteiger partial charge in [-0.1, -0.05) is 12.1 Å². The zero-order chi connectivity index (χ0) is 24.9. The van der Waals surface area contributed by atoms with Gasteiger partial charge in [-0.2, -0.15) is 0 Å². The minimum atomic E-state index is -0.862. The lowest BCUT2D eigenvalue weighted by Crippen LogP contribution is -2.42. The summed E-state index contributed by atoms with van der Waals surface area (Å²) in [5.41, 5.74) is 0.267. The summed E-state index contributed by atoms with van der Waals surface area (Å²) in [5, 5.41) is 8.10. The van der Waals surface area contributed by atoms with E-state index < -0.39 is 22.9 Å². The second-order valence-corrected chi connectivity index (χ2v) is 8.26. The Hall–Kier alpha value is -4.27. The summed E-state index contributed by atoms with van der Waals surface area (Å²) in [4.78, 5) is 45.2. The van der Waals surface area contributed by atoms with E-state index in [1.807, 2.05) is 36.4 Å². The first-order valence-corrected chi connectivity index (χ1v) is 11.3. The van der Waals surface area contributed by atoms with Crippen molar-refractivity contribution in [1.29, 1.82) is 0 Å². The Kier molecular flexibility index (Phi) is 7.05. The summed E-state index contributed by atoms with van der Waals surface area (Å²) < 4.78 is 10.6. The van der Waals surface area contributed by atoms with Gasteiger partial charge in [0.05, 0.1) is 12.7 Å². The monoisotopic (exact) mass is 474 g/mol. The van der Waals surface area contributed by atoms with Crippen molar-refractivity contribution in [3.63, 3.8) is 0 Å². The van der Waals surface area contributed by atoms with Crippen LogP contribution in [0, 0.1) is 0 Å². The molecule has 4 aromatic rings. The summed E-state index contributed by atoms with van der Waals surface area (Å²) >= 11 is 0. The van der Waals surface area contributed by atoms with Crippen LogP contribution in [0.2, 0.25) is 0 Å². The number of hydrogen-bond acceptors (Lipinski definition) is 9. The molecule has 35 heavy (non-hydrogen) atoms. The molecule has 2 aromatic heterocycles. The Morgan fingerprint density at radius 1 is 1.03 bits per heavy atom. The first kappa shape index (κ1) is 23.9. The zero-order valence-electron chi connectivity index (χ0n) is 19.7. The van der Waals surface area contributed by atoms with Crippen molar-refractivity contribution < 1.29 is 14.3 Å². The van der Waals surface area contributed by atoms with Crippen molar-refractivity contribution in [2.45, 2.75) is 39.3 Å². The maximum Gasteiger partial charge on any atom is 0.328 e. The van der Waals surface area contributed by atoms with E-state index in [1.165, 1.54) is 0 Å². The Morgan fingerprint density at radius 2 is 1.80 bits per heavy atom. The Balaban J connectivity index is 1.51. The molecule has 9 heteroatoms. The fourth-order valence-electron chi connectivity index (χ4n) is 3.67. The van der Waals surface area contributed by atoms with E-state index in [4.69, 9.17) is 9.47 Å². The number of fused-ring (bicyclic) bond motifs is 1. The van der Waals surface area contributed by atoms with Gasteiger partial charge in [-0.15, -0.1) is 0 Å². The van der Waals surface area contributed by atoms with E-state index in [0.717, 1.165) is 22.0 Å². The second-order valence-electron chi connectivity index (χ2n) is 8.26. The van der Waals surface area contributed by atoms with Gasteiger partial charge in [-0.25, -0.2) is 9.78 Å². The average Bonchev–Trinajstić information content (AvgIpc) is 2.86. The fraction of sp³-hybridized carbons (Fsp3) is 0.269. The minimum absolute atomic E-state index is 0.0107. The van der Waals surface area contributed by atoms with E-state index in [1.54, 1.807) is 39.4 Å². The zero-order valence-corrected chi connectivity index (χ0v) is 19.7. The third-order valence-electron chi connectivity index (χ3n) is 5.33. The molecule has 1 atom stereocenters. The fourth-order valence-corrected chi connectivity index (χ4v) is 3.67. The van der Waals surface area contributed by atoms with Crippen LogP contribution in [0.25, 0.3) is 10.8 Å². The molecule has 2 aromatic carbocycles. The minimum Gasteiger partial charge on any atom is -0.485 e. The highest BCUT2D eigenvalue weighted by Crippen LogP contribution is 2.25. The topological polar surface area (TPSA) is 120 Å². The number of carbonyl (C=O) groups is 1. The number of carbonyl (C=O) groups excluding carboxylic acids is 1. The first-order chi connectivity index (χ1) is 16.9. The van der Waals surface area contributed by atoms with Crippen LogP contribution in [0.15, 0.2) is 64.6 Å². The average molecular weight is 475 g/mol. The lowest BCUT2D eigenvalue weighted by atomic mass is 10.0. The van der Waals surface area contributed by atoms with Crippen LogP contribution in [0.4, 0.5) is 17.2 Å². The molecule has 0 radical (unpaired) electrons. The first-order valence-electron chi connectivity index (χ1n) is 11.3. The number of esters is 1. The maximum absolute atomic E-state index is 12.6. The van der Waals surface area contributed by atoms with Crippen LogP contribution in [0.1, 0.15) is 26.3 Å². The normalized spacial score (nSPS) is 12.0. The number of rotatable bonds is 10. The molecular weight excluding hydrogens is 448 g/mol. The van der Waals surface area contributed by atoms with Gasteiger partial charge in [0.25, 0.3) is 10.9 Å². The van der Waals surface area contributed by atoms with Crippen LogP contribution in [-0.4, -0.2) is 34.7 Å². The Bertz CT molecular complexity index is 1400. The van der Waals surface area contributed by atoms with E-state index in [0.29, 0.717) is 5.82 Å². The molecule has 0 aliphatic heterocycles. The molecule has 9 nitrogen and oxygen atoms in total. The number of anilines is 3. The number of ether oxygens (including phenoxy) is 2. The number of nitrogens with one attached hydrogen (secondary N) is 2. The predicted octanol–water partition coefficient (Wildman–Crippen LogP) is 3.34. The molecule has 2 heterocycles. The van der Waals surface area contributed by atoms with E-state index >= 15 is 0 Å². The van der Waals surface area contributed by atoms with Gasteiger partial charge in [0.15, 0.2) is 5.75 Å². The van der Waals surface area contributed by atoms with Gasteiger partial charge in [-0.05, 0) is 50.6 Å². The number of pyridine rings is 2. The second kappa shape index (κ2) is 10.3. The predicted molar refractivity (Wildman–Crippen MR) is 134 cm³/mol. The molecular formula is C26H26N4O5. The summed E-state index contributed by atoms with van der Waals surface area (Å²) in [6, 6.07) is 10.4. The highest BCUT2D eigenvalue weighted by atomic mass is 16.5. The summed E-state index contributed by atoms with van der Waals surface area (Å²) in [5.74, 6) is 0.143. The number of hydrogen-bond donors (Lipinski definition) is 2.